The fourth-order valence-electron chi connectivity index (χ4n) is 3.36. The van der Waals surface area contributed by atoms with E-state index in [-0.39, 0.29) is 0 Å². The molecule has 1 saturated heterocycles. The molecular formula is C20H19N5O2S. The summed E-state index contributed by atoms with van der Waals surface area (Å²) in [5, 5.41) is 10.6. The molecule has 142 valence electrons. The summed E-state index contributed by atoms with van der Waals surface area (Å²) in [6.45, 7) is 5.62. The highest BCUT2D eigenvalue weighted by Gasteiger charge is 2.49. The molecule has 1 aliphatic heterocycles. The molecule has 1 aromatic carbocycles. The van der Waals surface area contributed by atoms with Crippen LogP contribution in [0.1, 0.15) is 29.4 Å². The van der Waals surface area contributed by atoms with Gasteiger partial charge in [0.1, 0.15) is 5.54 Å². The fraction of sp³-hybridized carbons (Fsp3) is 0.200. The first-order valence-electron chi connectivity index (χ1n) is 8.77. The molecule has 3 heterocycles. The molecule has 0 radical (unpaired) electrons. The molecule has 3 aromatic rings. The van der Waals surface area contributed by atoms with E-state index in [4.69, 9.17) is 0 Å². The van der Waals surface area contributed by atoms with Gasteiger partial charge in [-0.1, -0.05) is 30.3 Å². The van der Waals surface area contributed by atoms with Crippen LogP contribution >= 0.6 is 11.3 Å². The highest BCUT2D eigenvalue weighted by atomic mass is 32.1. The maximum atomic E-state index is 12.9. The largest absolute Gasteiger partial charge is 0.346 e. The minimum Gasteiger partial charge on any atom is -0.318 e. The second kappa shape index (κ2) is 6.72. The number of hydrogen-bond acceptors (Lipinski definition) is 5. The van der Waals surface area contributed by atoms with E-state index in [1.165, 1.54) is 11.3 Å². The molecule has 1 fully saturated rings. The molecule has 0 aliphatic carbocycles. The van der Waals surface area contributed by atoms with E-state index < -0.39 is 17.5 Å². The summed E-state index contributed by atoms with van der Waals surface area (Å²) in [5.41, 5.74) is 2.34. The molecule has 8 heteroatoms. The molecule has 1 aliphatic rings. The summed E-state index contributed by atoms with van der Waals surface area (Å²) < 4.78 is 2.02. The summed E-state index contributed by atoms with van der Waals surface area (Å²) in [5.74, 6) is -0.409. The van der Waals surface area contributed by atoms with Gasteiger partial charge in [-0.05, 0) is 32.4 Å². The van der Waals surface area contributed by atoms with Crippen molar-refractivity contribution in [2.75, 3.05) is 0 Å². The number of carbonyl (C=O) groups is 2. The Balaban J connectivity index is 1.63. The monoisotopic (exact) mass is 393 g/mol. The van der Waals surface area contributed by atoms with Crippen LogP contribution < -0.4 is 5.32 Å². The van der Waals surface area contributed by atoms with E-state index in [9.17, 15) is 9.59 Å². The topological polar surface area (TPSA) is 79.6 Å². The first kappa shape index (κ1) is 18.1. The summed E-state index contributed by atoms with van der Waals surface area (Å²) >= 11 is 1.54. The summed E-state index contributed by atoms with van der Waals surface area (Å²) in [7, 11) is 0. The highest BCUT2D eigenvalue weighted by Crippen LogP contribution is 2.29. The minimum atomic E-state index is -1.13. The summed E-state index contributed by atoms with van der Waals surface area (Å²) in [6, 6.07) is 10.6. The van der Waals surface area contributed by atoms with Gasteiger partial charge in [0, 0.05) is 28.5 Å². The van der Waals surface area contributed by atoms with E-state index in [2.05, 4.69) is 15.4 Å². The lowest BCUT2D eigenvalue weighted by molar-refractivity contribution is -0.131. The molecule has 28 heavy (non-hydrogen) atoms. The van der Waals surface area contributed by atoms with Gasteiger partial charge in [-0.2, -0.15) is 5.10 Å². The molecule has 1 atom stereocenters. The third-order valence-electron chi connectivity index (χ3n) is 4.91. The van der Waals surface area contributed by atoms with Crippen LogP contribution in [0.25, 0.3) is 5.13 Å². The first-order valence-corrected chi connectivity index (χ1v) is 9.65. The van der Waals surface area contributed by atoms with Gasteiger partial charge in [-0.3, -0.25) is 9.36 Å². The molecule has 2 aromatic heterocycles. The Hall–Kier alpha value is -3.26. The fourth-order valence-corrected chi connectivity index (χ4v) is 4.11. The highest BCUT2D eigenvalue weighted by molar-refractivity contribution is 7.12. The Kier molecular flexibility index (Phi) is 4.35. The Labute approximate surface area is 166 Å². The van der Waals surface area contributed by atoms with Crippen LogP contribution in [0.2, 0.25) is 0 Å². The quantitative estimate of drug-likeness (QED) is 0.545. The standard InChI is InChI=1S/C20H19N5O2S/c1-13-11-15(14(2)24(13)19-21-9-10-28-19)12-22-25-17(26)20(3,23-18(25)27)16-7-5-4-6-8-16/h4-12H,1-3H3,(H,23,27)/b22-12-/t20-/m0/s1. The molecule has 0 bridgehead atoms. The van der Waals surface area contributed by atoms with Crippen LogP contribution in [0.4, 0.5) is 4.79 Å². The van der Waals surface area contributed by atoms with Crippen molar-refractivity contribution in [2.45, 2.75) is 26.3 Å². The predicted octanol–water partition coefficient (Wildman–Crippen LogP) is 3.35. The maximum absolute atomic E-state index is 12.9. The van der Waals surface area contributed by atoms with Gasteiger partial charge in [0.25, 0.3) is 5.91 Å². The molecule has 0 spiro atoms. The van der Waals surface area contributed by atoms with Crippen LogP contribution in [0.3, 0.4) is 0 Å². The van der Waals surface area contributed by atoms with Gasteiger partial charge in [-0.15, -0.1) is 16.3 Å². The Bertz CT molecular complexity index is 1070. The van der Waals surface area contributed by atoms with Gasteiger partial charge in [0.05, 0.1) is 6.21 Å². The van der Waals surface area contributed by atoms with Crippen molar-refractivity contribution in [2.24, 2.45) is 5.10 Å². The lowest BCUT2D eigenvalue weighted by Crippen LogP contribution is -2.40. The number of hydrazone groups is 1. The van der Waals surface area contributed by atoms with Crippen LogP contribution in [-0.2, 0) is 10.3 Å². The first-order chi connectivity index (χ1) is 13.4. The predicted molar refractivity (Wildman–Crippen MR) is 108 cm³/mol. The molecule has 0 unspecified atom stereocenters. The average molecular weight is 393 g/mol. The van der Waals surface area contributed by atoms with Crippen LogP contribution in [0.5, 0.6) is 0 Å². The molecule has 1 N–H and O–H groups in total. The number of amides is 3. The number of thiazole rings is 1. The molecule has 3 amide bonds. The number of benzene rings is 1. The van der Waals surface area contributed by atoms with E-state index >= 15 is 0 Å². The van der Waals surface area contributed by atoms with E-state index in [1.54, 1.807) is 19.3 Å². The zero-order chi connectivity index (χ0) is 19.9. The molecule has 0 saturated carbocycles. The second-order valence-electron chi connectivity index (χ2n) is 6.76. The average Bonchev–Trinajstić information content (AvgIpc) is 3.35. The van der Waals surface area contributed by atoms with Crippen molar-refractivity contribution in [1.29, 1.82) is 0 Å². The Morgan fingerprint density at radius 1 is 1.21 bits per heavy atom. The molecule has 7 nitrogen and oxygen atoms in total. The van der Waals surface area contributed by atoms with Gasteiger partial charge >= 0.3 is 6.03 Å². The second-order valence-corrected chi connectivity index (χ2v) is 7.63. The number of nitrogens with one attached hydrogen (secondary N) is 1. The zero-order valence-corrected chi connectivity index (χ0v) is 16.5. The number of aromatic nitrogens is 2. The SMILES string of the molecule is Cc1cc(/C=N\N2C(=O)N[C@@](C)(c3ccccc3)C2=O)c(C)n1-c1nccs1. The Morgan fingerprint density at radius 3 is 2.64 bits per heavy atom. The number of aryl methyl sites for hydroxylation is 1. The van der Waals surface area contributed by atoms with Gasteiger partial charge in [0.2, 0.25) is 0 Å². The summed E-state index contributed by atoms with van der Waals surface area (Å²) in [4.78, 5) is 29.7. The molecular weight excluding hydrogens is 374 g/mol. The molecule has 4 rings (SSSR count). The van der Waals surface area contributed by atoms with Gasteiger partial charge < -0.3 is 5.32 Å². The van der Waals surface area contributed by atoms with Crippen molar-refractivity contribution in [1.82, 2.24) is 19.9 Å². The number of urea groups is 1. The van der Waals surface area contributed by atoms with E-state index in [0.717, 1.165) is 27.1 Å². The Morgan fingerprint density at radius 2 is 1.96 bits per heavy atom. The van der Waals surface area contributed by atoms with Crippen molar-refractivity contribution in [3.05, 3.63) is 70.5 Å². The van der Waals surface area contributed by atoms with Gasteiger partial charge in [-0.25, -0.2) is 9.78 Å². The number of carbonyl (C=O) groups excluding carboxylic acids is 2. The van der Waals surface area contributed by atoms with Crippen molar-refractivity contribution in [3.8, 4) is 5.13 Å². The normalized spacial score (nSPS) is 19.6. The third kappa shape index (κ3) is 2.82. The lowest BCUT2D eigenvalue weighted by Gasteiger charge is -2.20. The van der Waals surface area contributed by atoms with Crippen molar-refractivity contribution >= 4 is 29.5 Å². The maximum Gasteiger partial charge on any atom is 0.346 e. The number of hydrogen-bond donors (Lipinski definition) is 1. The number of nitrogens with zero attached hydrogens (tertiary/aromatic N) is 4. The summed E-state index contributed by atoms with van der Waals surface area (Å²) in [6.07, 6.45) is 3.30. The van der Waals surface area contributed by atoms with E-state index in [1.807, 2.05) is 60.2 Å². The number of rotatable bonds is 4. The van der Waals surface area contributed by atoms with Gasteiger partial charge in [0.15, 0.2) is 5.13 Å². The zero-order valence-electron chi connectivity index (χ0n) is 15.7. The van der Waals surface area contributed by atoms with Crippen molar-refractivity contribution < 1.29 is 9.59 Å². The van der Waals surface area contributed by atoms with Crippen LogP contribution in [-0.4, -0.2) is 32.7 Å². The van der Waals surface area contributed by atoms with Crippen LogP contribution in [0, 0.1) is 13.8 Å². The van der Waals surface area contributed by atoms with Crippen molar-refractivity contribution in [3.63, 3.8) is 0 Å². The minimum absolute atomic E-state index is 0.409. The smallest absolute Gasteiger partial charge is 0.318 e. The number of imide groups is 1. The van der Waals surface area contributed by atoms with E-state index in [0.29, 0.717) is 5.56 Å². The third-order valence-corrected chi connectivity index (χ3v) is 5.67. The van der Waals surface area contributed by atoms with Crippen LogP contribution in [0.15, 0.2) is 53.1 Å². The lowest BCUT2D eigenvalue weighted by atomic mass is 9.92.